The maximum Gasteiger partial charge on any atom is 0.144 e. The standard InChI is InChI=1S/C15H21ClFN/c1-10(2)12-7-13(15(17)14(16)8-12)6-11-4-3-5-18-9-11/h7-8,10-11,18H,3-6,9H2,1-2H3. The van der Waals surface area contributed by atoms with E-state index >= 15 is 0 Å². The van der Waals surface area contributed by atoms with E-state index in [4.69, 9.17) is 11.6 Å². The highest BCUT2D eigenvalue weighted by Crippen LogP contribution is 2.28. The molecule has 1 aromatic carbocycles. The quantitative estimate of drug-likeness (QED) is 0.869. The Balaban J connectivity index is 2.19. The number of halogens is 2. The minimum atomic E-state index is -0.230. The van der Waals surface area contributed by atoms with Gasteiger partial charge in [0.1, 0.15) is 5.82 Å². The molecular weight excluding hydrogens is 249 g/mol. The van der Waals surface area contributed by atoms with Crippen LogP contribution in [0.15, 0.2) is 12.1 Å². The summed E-state index contributed by atoms with van der Waals surface area (Å²) in [6.45, 7) is 6.29. The molecular formula is C15H21ClFN. The normalized spacial score (nSPS) is 20.4. The van der Waals surface area contributed by atoms with Crippen molar-refractivity contribution in [3.63, 3.8) is 0 Å². The summed E-state index contributed by atoms with van der Waals surface area (Å²) in [5.41, 5.74) is 1.90. The summed E-state index contributed by atoms with van der Waals surface area (Å²) in [6.07, 6.45) is 3.15. The Hall–Kier alpha value is -0.600. The van der Waals surface area contributed by atoms with Crippen molar-refractivity contribution in [2.24, 2.45) is 5.92 Å². The molecule has 1 nitrogen and oxygen atoms in total. The van der Waals surface area contributed by atoms with Gasteiger partial charge in [0.2, 0.25) is 0 Å². The molecule has 0 amide bonds. The molecule has 1 atom stereocenters. The van der Waals surface area contributed by atoms with Crippen molar-refractivity contribution < 1.29 is 4.39 Å². The third-order valence-corrected chi connectivity index (χ3v) is 3.98. The molecule has 1 saturated heterocycles. The number of piperidine rings is 1. The first-order valence-electron chi connectivity index (χ1n) is 6.76. The van der Waals surface area contributed by atoms with Crippen LogP contribution in [0.25, 0.3) is 0 Å². The van der Waals surface area contributed by atoms with Gasteiger partial charge in [-0.3, -0.25) is 0 Å². The predicted octanol–water partition coefficient (Wildman–Crippen LogP) is 4.14. The maximum absolute atomic E-state index is 14.0. The molecule has 100 valence electrons. The van der Waals surface area contributed by atoms with E-state index in [0.717, 1.165) is 30.6 Å². The fourth-order valence-corrected chi connectivity index (χ4v) is 2.81. The van der Waals surface area contributed by atoms with Gasteiger partial charge in [-0.1, -0.05) is 31.5 Å². The van der Waals surface area contributed by atoms with Crippen LogP contribution in [-0.4, -0.2) is 13.1 Å². The van der Waals surface area contributed by atoms with Crippen LogP contribution in [0.2, 0.25) is 5.02 Å². The second-order valence-electron chi connectivity index (χ2n) is 5.55. The van der Waals surface area contributed by atoms with Crippen molar-refractivity contribution in [1.29, 1.82) is 0 Å². The molecule has 1 heterocycles. The lowest BCUT2D eigenvalue weighted by Gasteiger charge is -2.23. The van der Waals surface area contributed by atoms with E-state index in [1.54, 1.807) is 6.07 Å². The Morgan fingerprint density at radius 3 is 2.83 bits per heavy atom. The van der Waals surface area contributed by atoms with Gasteiger partial charge in [-0.15, -0.1) is 0 Å². The lowest BCUT2D eigenvalue weighted by atomic mass is 9.90. The first-order chi connectivity index (χ1) is 8.58. The van der Waals surface area contributed by atoms with Gasteiger partial charge in [-0.25, -0.2) is 4.39 Å². The van der Waals surface area contributed by atoms with Gasteiger partial charge in [0.15, 0.2) is 0 Å². The Morgan fingerprint density at radius 1 is 1.44 bits per heavy atom. The number of nitrogens with one attached hydrogen (secondary N) is 1. The third-order valence-electron chi connectivity index (χ3n) is 3.70. The molecule has 1 aromatic rings. The summed E-state index contributed by atoms with van der Waals surface area (Å²) in [5, 5.41) is 3.63. The zero-order valence-electron chi connectivity index (χ0n) is 11.1. The lowest BCUT2D eigenvalue weighted by Crippen LogP contribution is -2.31. The lowest BCUT2D eigenvalue weighted by molar-refractivity contribution is 0.372. The van der Waals surface area contributed by atoms with E-state index in [2.05, 4.69) is 19.2 Å². The predicted molar refractivity (Wildman–Crippen MR) is 74.8 cm³/mol. The van der Waals surface area contributed by atoms with Crippen LogP contribution in [0.4, 0.5) is 4.39 Å². The largest absolute Gasteiger partial charge is 0.316 e. The smallest absolute Gasteiger partial charge is 0.144 e. The number of rotatable bonds is 3. The van der Waals surface area contributed by atoms with E-state index in [1.807, 2.05) is 6.07 Å². The third kappa shape index (κ3) is 3.24. The number of hydrogen-bond donors (Lipinski definition) is 1. The van der Waals surface area contributed by atoms with Crippen molar-refractivity contribution in [3.05, 3.63) is 34.1 Å². The first kappa shape index (κ1) is 13.8. The summed E-state index contributed by atoms with van der Waals surface area (Å²) in [7, 11) is 0. The van der Waals surface area contributed by atoms with E-state index in [-0.39, 0.29) is 10.8 Å². The molecule has 0 saturated carbocycles. The van der Waals surface area contributed by atoms with Crippen LogP contribution in [0.1, 0.15) is 43.7 Å². The summed E-state index contributed by atoms with van der Waals surface area (Å²) < 4.78 is 14.0. The fourth-order valence-electron chi connectivity index (χ4n) is 2.56. The summed E-state index contributed by atoms with van der Waals surface area (Å²) in [5.74, 6) is 0.685. The Labute approximate surface area is 114 Å². The van der Waals surface area contributed by atoms with Crippen LogP contribution in [-0.2, 0) is 6.42 Å². The second kappa shape index (κ2) is 6.03. The molecule has 1 N–H and O–H groups in total. The summed E-state index contributed by atoms with van der Waals surface area (Å²) >= 11 is 5.99. The Bertz CT molecular complexity index is 411. The van der Waals surface area contributed by atoms with Crippen LogP contribution >= 0.6 is 11.6 Å². The molecule has 18 heavy (non-hydrogen) atoms. The van der Waals surface area contributed by atoms with Gasteiger partial charge >= 0.3 is 0 Å². The average molecular weight is 270 g/mol. The van der Waals surface area contributed by atoms with E-state index in [1.165, 1.54) is 12.8 Å². The van der Waals surface area contributed by atoms with Crippen LogP contribution in [0.5, 0.6) is 0 Å². The van der Waals surface area contributed by atoms with Crippen molar-refractivity contribution in [2.45, 2.75) is 39.0 Å². The van der Waals surface area contributed by atoms with E-state index in [9.17, 15) is 4.39 Å². The first-order valence-corrected chi connectivity index (χ1v) is 7.14. The van der Waals surface area contributed by atoms with Gasteiger partial charge in [-0.2, -0.15) is 0 Å². The van der Waals surface area contributed by atoms with Crippen LogP contribution in [0, 0.1) is 11.7 Å². The Morgan fingerprint density at radius 2 is 2.22 bits per heavy atom. The highest BCUT2D eigenvalue weighted by atomic mass is 35.5. The van der Waals surface area contributed by atoms with Gasteiger partial charge in [0.05, 0.1) is 5.02 Å². The molecule has 0 spiro atoms. The summed E-state index contributed by atoms with van der Waals surface area (Å²) in [6, 6.07) is 3.74. The molecule has 0 aromatic heterocycles. The fraction of sp³-hybridized carbons (Fsp3) is 0.600. The second-order valence-corrected chi connectivity index (χ2v) is 5.95. The van der Waals surface area contributed by atoms with Crippen molar-refractivity contribution in [2.75, 3.05) is 13.1 Å². The van der Waals surface area contributed by atoms with Crippen molar-refractivity contribution in [1.82, 2.24) is 5.32 Å². The average Bonchev–Trinajstić information content (AvgIpc) is 2.35. The topological polar surface area (TPSA) is 12.0 Å². The molecule has 0 aliphatic carbocycles. The van der Waals surface area contributed by atoms with Gasteiger partial charge in [0.25, 0.3) is 0 Å². The van der Waals surface area contributed by atoms with Crippen LogP contribution in [0.3, 0.4) is 0 Å². The SMILES string of the molecule is CC(C)c1cc(Cl)c(F)c(CC2CCCNC2)c1. The molecule has 1 fully saturated rings. The minimum absolute atomic E-state index is 0.230. The minimum Gasteiger partial charge on any atom is -0.316 e. The molecule has 2 rings (SSSR count). The van der Waals surface area contributed by atoms with Crippen molar-refractivity contribution in [3.8, 4) is 0 Å². The monoisotopic (exact) mass is 269 g/mol. The van der Waals surface area contributed by atoms with E-state index < -0.39 is 0 Å². The van der Waals surface area contributed by atoms with Gasteiger partial charge in [0, 0.05) is 0 Å². The molecule has 1 aliphatic rings. The molecule has 3 heteroatoms. The molecule has 1 aliphatic heterocycles. The number of hydrogen-bond acceptors (Lipinski definition) is 1. The number of benzene rings is 1. The van der Waals surface area contributed by atoms with Gasteiger partial charge in [-0.05, 0) is 61.4 Å². The molecule has 0 radical (unpaired) electrons. The van der Waals surface area contributed by atoms with Crippen LogP contribution < -0.4 is 5.32 Å². The maximum atomic E-state index is 14.0. The van der Waals surface area contributed by atoms with Gasteiger partial charge < -0.3 is 5.32 Å². The van der Waals surface area contributed by atoms with E-state index in [0.29, 0.717) is 11.8 Å². The Kier molecular flexibility index (Phi) is 4.63. The molecule has 0 bridgehead atoms. The summed E-state index contributed by atoms with van der Waals surface area (Å²) in [4.78, 5) is 0. The zero-order valence-corrected chi connectivity index (χ0v) is 11.9. The highest BCUT2D eigenvalue weighted by Gasteiger charge is 2.18. The molecule has 1 unspecified atom stereocenters. The highest BCUT2D eigenvalue weighted by molar-refractivity contribution is 6.30. The zero-order chi connectivity index (χ0) is 13.1. The van der Waals surface area contributed by atoms with Crippen molar-refractivity contribution >= 4 is 11.6 Å².